The standard InChI is InChI=1S/C21H22F3N7OS/c1-13-25-19(33-28-13)18-27-26-17-16(6-8-29-9-7-21(23,24)12-29)30(10-11-31(17)18)20(32)14-2-4-15(22)5-3-14/h2-5,16H,6-12H2,1H3. The van der Waals surface area contributed by atoms with Crippen LogP contribution in [0.4, 0.5) is 13.2 Å². The molecule has 0 bridgehead atoms. The van der Waals surface area contributed by atoms with Crippen LogP contribution < -0.4 is 0 Å². The second kappa shape index (κ2) is 8.49. The molecule has 1 fully saturated rings. The Hall–Kier alpha value is -2.86. The summed E-state index contributed by atoms with van der Waals surface area (Å²) in [6, 6.07) is 4.93. The molecule has 2 aromatic heterocycles. The molecule has 2 aliphatic heterocycles. The summed E-state index contributed by atoms with van der Waals surface area (Å²) in [5, 5.41) is 9.32. The van der Waals surface area contributed by atoms with E-state index in [9.17, 15) is 18.0 Å². The minimum absolute atomic E-state index is 0.160. The van der Waals surface area contributed by atoms with Crippen molar-refractivity contribution in [3.8, 4) is 10.8 Å². The van der Waals surface area contributed by atoms with Crippen LogP contribution in [0.3, 0.4) is 0 Å². The summed E-state index contributed by atoms with van der Waals surface area (Å²) in [5.41, 5.74) is 0.363. The summed E-state index contributed by atoms with van der Waals surface area (Å²) < 4.78 is 46.9. The van der Waals surface area contributed by atoms with E-state index in [4.69, 9.17) is 0 Å². The smallest absolute Gasteiger partial charge is 0.261 e. The highest BCUT2D eigenvalue weighted by atomic mass is 32.1. The number of hydrogen-bond donors (Lipinski definition) is 0. The van der Waals surface area contributed by atoms with Crippen LogP contribution in [0, 0.1) is 12.7 Å². The maximum absolute atomic E-state index is 13.7. The first-order valence-electron chi connectivity index (χ1n) is 10.7. The van der Waals surface area contributed by atoms with Crippen LogP contribution in [-0.4, -0.2) is 71.9 Å². The Morgan fingerprint density at radius 3 is 2.64 bits per heavy atom. The van der Waals surface area contributed by atoms with Crippen LogP contribution >= 0.6 is 11.5 Å². The molecule has 4 heterocycles. The van der Waals surface area contributed by atoms with Crippen LogP contribution in [0.15, 0.2) is 24.3 Å². The average molecular weight is 478 g/mol. The van der Waals surface area contributed by atoms with E-state index in [1.165, 1.54) is 35.8 Å². The summed E-state index contributed by atoms with van der Waals surface area (Å²) in [4.78, 5) is 21.1. The van der Waals surface area contributed by atoms with Gasteiger partial charge in [-0.3, -0.25) is 9.69 Å². The van der Waals surface area contributed by atoms with E-state index in [2.05, 4.69) is 19.6 Å². The molecule has 1 atom stereocenters. The monoisotopic (exact) mass is 477 g/mol. The molecule has 33 heavy (non-hydrogen) atoms. The maximum atomic E-state index is 13.7. The van der Waals surface area contributed by atoms with Gasteiger partial charge in [0.25, 0.3) is 11.8 Å². The number of carbonyl (C=O) groups is 1. The van der Waals surface area contributed by atoms with E-state index in [1.807, 2.05) is 4.57 Å². The molecule has 0 aliphatic carbocycles. The van der Waals surface area contributed by atoms with Gasteiger partial charge in [0.05, 0.1) is 12.6 Å². The summed E-state index contributed by atoms with van der Waals surface area (Å²) >= 11 is 1.23. The second-order valence-electron chi connectivity index (χ2n) is 8.37. The molecule has 3 aromatic rings. The number of likely N-dealkylation sites (tertiary alicyclic amines) is 1. The van der Waals surface area contributed by atoms with Crippen molar-refractivity contribution >= 4 is 17.4 Å². The van der Waals surface area contributed by atoms with Gasteiger partial charge in [-0.15, -0.1) is 10.2 Å². The first kappa shape index (κ1) is 22.0. The lowest BCUT2D eigenvalue weighted by molar-refractivity contribution is 0.0109. The number of halogens is 3. The van der Waals surface area contributed by atoms with Gasteiger partial charge in [-0.2, -0.15) is 4.37 Å². The Kier molecular flexibility index (Phi) is 5.65. The Labute approximate surface area is 192 Å². The van der Waals surface area contributed by atoms with Gasteiger partial charge in [-0.25, -0.2) is 18.2 Å². The molecular formula is C21H22F3N7OS. The fourth-order valence-corrected chi connectivity index (χ4v) is 5.09. The summed E-state index contributed by atoms with van der Waals surface area (Å²) in [5.74, 6) is -1.54. The van der Waals surface area contributed by atoms with Crippen molar-refractivity contribution in [1.82, 2.24) is 33.9 Å². The van der Waals surface area contributed by atoms with Crippen LogP contribution in [0.1, 0.15) is 40.9 Å². The second-order valence-corrected chi connectivity index (χ2v) is 9.12. The lowest BCUT2D eigenvalue weighted by Crippen LogP contribution is -2.43. The van der Waals surface area contributed by atoms with Crippen molar-refractivity contribution in [2.45, 2.75) is 38.3 Å². The predicted octanol–water partition coefficient (Wildman–Crippen LogP) is 3.17. The molecule has 0 spiro atoms. The van der Waals surface area contributed by atoms with Gasteiger partial charge < -0.3 is 9.47 Å². The molecular weight excluding hydrogens is 455 g/mol. The zero-order valence-corrected chi connectivity index (χ0v) is 18.7. The maximum Gasteiger partial charge on any atom is 0.261 e. The SMILES string of the molecule is Cc1nsc(-c2nnc3n2CCN(C(=O)c2ccc(F)cc2)C3CCN2CCC(F)(F)C2)n1. The molecule has 2 aliphatic rings. The van der Waals surface area contributed by atoms with Crippen molar-refractivity contribution in [3.63, 3.8) is 0 Å². The van der Waals surface area contributed by atoms with E-state index in [1.54, 1.807) is 16.7 Å². The zero-order chi connectivity index (χ0) is 23.2. The Bertz CT molecular complexity index is 1160. The van der Waals surface area contributed by atoms with Gasteiger partial charge in [-0.1, -0.05) is 0 Å². The number of fused-ring (bicyclic) bond motifs is 1. The number of aryl methyl sites for hydroxylation is 1. The molecule has 8 nitrogen and oxygen atoms in total. The van der Waals surface area contributed by atoms with Gasteiger partial charge >= 0.3 is 0 Å². The Balaban J connectivity index is 1.44. The van der Waals surface area contributed by atoms with Gasteiger partial charge in [0.2, 0.25) is 0 Å². The van der Waals surface area contributed by atoms with E-state index < -0.39 is 17.8 Å². The number of rotatable bonds is 5. The van der Waals surface area contributed by atoms with E-state index in [-0.39, 0.29) is 18.9 Å². The van der Waals surface area contributed by atoms with Crippen LogP contribution in [0.2, 0.25) is 0 Å². The lowest BCUT2D eigenvalue weighted by Gasteiger charge is -2.36. The third kappa shape index (κ3) is 4.36. The van der Waals surface area contributed by atoms with E-state index in [0.29, 0.717) is 60.6 Å². The van der Waals surface area contributed by atoms with Crippen molar-refractivity contribution in [2.75, 3.05) is 26.2 Å². The number of nitrogens with zero attached hydrogens (tertiary/aromatic N) is 7. The van der Waals surface area contributed by atoms with Crippen molar-refractivity contribution < 1.29 is 18.0 Å². The number of carbonyl (C=O) groups excluding carboxylic acids is 1. The van der Waals surface area contributed by atoms with E-state index >= 15 is 0 Å². The zero-order valence-electron chi connectivity index (χ0n) is 17.9. The Morgan fingerprint density at radius 1 is 1.18 bits per heavy atom. The molecule has 1 amide bonds. The van der Waals surface area contributed by atoms with Gasteiger partial charge in [0, 0.05) is 38.2 Å². The number of amides is 1. The number of aromatic nitrogens is 5. The molecule has 1 unspecified atom stereocenters. The largest absolute Gasteiger partial charge is 0.327 e. The third-order valence-electron chi connectivity index (χ3n) is 6.06. The topological polar surface area (TPSA) is 80.0 Å². The average Bonchev–Trinajstić information content (AvgIpc) is 3.49. The van der Waals surface area contributed by atoms with E-state index in [0.717, 1.165) is 0 Å². The van der Waals surface area contributed by atoms with Gasteiger partial charge in [0.1, 0.15) is 11.6 Å². The molecule has 0 saturated carbocycles. The molecule has 1 saturated heterocycles. The lowest BCUT2D eigenvalue weighted by atomic mass is 10.1. The minimum atomic E-state index is -2.68. The molecule has 0 radical (unpaired) electrons. The van der Waals surface area contributed by atoms with Crippen LogP contribution in [0.25, 0.3) is 10.8 Å². The summed E-state index contributed by atoms with van der Waals surface area (Å²) in [6.07, 6.45) is 0.267. The quantitative estimate of drug-likeness (QED) is 0.562. The molecule has 12 heteroatoms. The Morgan fingerprint density at radius 2 is 1.97 bits per heavy atom. The number of hydrogen-bond acceptors (Lipinski definition) is 7. The van der Waals surface area contributed by atoms with Crippen molar-refractivity contribution in [2.24, 2.45) is 0 Å². The summed E-state index contributed by atoms with van der Waals surface area (Å²) in [6.45, 7) is 3.06. The molecule has 5 rings (SSSR count). The van der Waals surface area contributed by atoms with Crippen LogP contribution in [-0.2, 0) is 6.54 Å². The summed E-state index contributed by atoms with van der Waals surface area (Å²) in [7, 11) is 0. The number of alkyl halides is 2. The normalized spacial score (nSPS) is 20.2. The molecule has 1 aromatic carbocycles. The highest BCUT2D eigenvalue weighted by Gasteiger charge is 2.40. The van der Waals surface area contributed by atoms with Crippen molar-refractivity contribution in [1.29, 1.82) is 0 Å². The fraction of sp³-hybridized carbons (Fsp3) is 0.476. The fourth-order valence-electron chi connectivity index (χ4n) is 4.42. The highest BCUT2D eigenvalue weighted by molar-refractivity contribution is 7.09. The van der Waals surface area contributed by atoms with Crippen molar-refractivity contribution in [3.05, 3.63) is 47.3 Å². The molecule has 174 valence electrons. The number of benzene rings is 1. The highest BCUT2D eigenvalue weighted by Crippen LogP contribution is 2.34. The van der Waals surface area contributed by atoms with Gasteiger partial charge in [0.15, 0.2) is 16.7 Å². The predicted molar refractivity (Wildman–Crippen MR) is 114 cm³/mol. The van der Waals surface area contributed by atoms with Crippen LogP contribution in [0.5, 0.6) is 0 Å². The first-order chi connectivity index (χ1) is 15.8. The molecule has 0 N–H and O–H groups in total. The first-order valence-corrected chi connectivity index (χ1v) is 11.5. The minimum Gasteiger partial charge on any atom is -0.327 e. The third-order valence-corrected chi connectivity index (χ3v) is 6.86. The van der Waals surface area contributed by atoms with Gasteiger partial charge in [-0.05, 0) is 49.1 Å².